The van der Waals surface area contributed by atoms with Gasteiger partial charge in [0.25, 0.3) is 0 Å². The molecule has 0 spiro atoms. The summed E-state index contributed by atoms with van der Waals surface area (Å²) in [5.41, 5.74) is -0.142. The molecule has 0 aliphatic carbocycles. The molecule has 0 fully saturated rings. The normalized spacial score (nSPS) is 11.6. The molecule has 8 nitrogen and oxygen atoms in total. The van der Waals surface area contributed by atoms with E-state index in [2.05, 4.69) is 20.4 Å². The molecule has 0 saturated carbocycles. The maximum Gasteiger partial charge on any atom is 0.416 e. The van der Waals surface area contributed by atoms with Crippen molar-refractivity contribution in [3.8, 4) is 11.4 Å². The van der Waals surface area contributed by atoms with E-state index in [0.717, 1.165) is 16.8 Å². The van der Waals surface area contributed by atoms with Gasteiger partial charge in [0, 0.05) is 18.0 Å². The zero-order valence-electron chi connectivity index (χ0n) is 16.1. The van der Waals surface area contributed by atoms with Crippen LogP contribution in [0.15, 0.2) is 59.5 Å². The molecule has 31 heavy (non-hydrogen) atoms. The Hall–Kier alpha value is -4.02. The van der Waals surface area contributed by atoms with E-state index in [4.69, 9.17) is 0 Å². The van der Waals surface area contributed by atoms with E-state index in [1.807, 2.05) is 0 Å². The van der Waals surface area contributed by atoms with Crippen LogP contribution in [0.1, 0.15) is 11.4 Å². The number of fused-ring (bicyclic) bond motifs is 1. The quantitative estimate of drug-likeness (QED) is 0.540. The van der Waals surface area contributed by atoms with Gasteiger partial charge in [0.15, 0.2) is 5.65 Å². The van der Waals surface area contributed by atoms with E-state index in [0.29, 0.717) is 17.2 Å². The molecule has 0 aliphatic rings. The number of benzene rings is 1. The molecule has 3 aromatic heterocycles. The molecular weight excluding hydrogens is 413 g/mol. The number of hydrogen-bond acceptors (Lipinski definition) is 5. The molecule has 4 aromatic rings. The summed E-state index contributed by atoms with van der Waals surface area (Å²) in [5, 5.41) is 6.51. The zero-order valence-corrected chi connectivity index (χ0v) is 16.1. The number of carbonyl (C=O) groups is 1. The van der Waals surface area contributed by atoms with Crippen LogP contribution in [-0.2, 0) is 17.5 Å². The molecule has 11 heteroatoms. The second-order valence-electron chi connectivity index (χ2n) is 6.66. The Labute approximate surface area is 173 Å². The second kappa shape index (κ2) is 7.67. The maximum atomic E-state index is 12.8. The number of aromatic nitrogens is 5. The summed E-state index contributed by atoms with van der Waals surface area (Å²) in [6.07, 6.45) is -2.92. The van der Waals surface area contributed by atoms with Gasteiger partial charge in [-0.3, -0.25) is 9.78 Å². The summed E-state index contributed by atoms with van der Waals surface area (Å²) in [5.74, 6) is -0.340. The number of rotatable bonds is 4. The van der Waals surface area contributed by atoms with Gasteiger partial charge >= 0.3 is 11.9 Å². The average molecular weight is 428 g/mol. The molecule has 0 saturated heterocycles. The van der Waals surface area contributed by atoms with Crippen LogP contribution in [-0.4, -0.2) is 30.1 Å². The van der Waals surface area contributed by atoms with E-state index in [1.54, 1.807) is 37.4 Å². The Balaban J connectivity index is 1.60. The lowest BCUT2D eigenvalue weighted by Crippen LogP contribution is -2.29. The van der Waals surface area contributed by atoms with Crippen molar-refractivity contribution in [3.05, 3.63) is 76.6 Å². The van der Waals surface area contributed by atoms with Crippen molar-refractivity contribution in [3.63, 3.8) is 0 Å². The number of anilines is 1. The van der Waals surface area contributed by atoms with E-state index < -0.39 is 29.9 Å². The number of hydrogen-bond donors (Lipinski definition) is 1. The number of alkyl halides is 3. The Morgan fingerprint density at radius 2 is 1.90 bits per heavy atom. The van der Waals surface area contributed by atoms with Crippen LogP contribution in [0.4, 0.5) is 18.9 Å². The molecule has 4 rings (SSSR count). The number of halogens is 3. The number of amides is 1. The van der Waals surface area contributed by atoms with Crippen LogP contribution in [0.25, 0.3) is 17.0 Å². The van der Waals surface area contributed by atoms with Gasteiger partial charge < -0.3 is 5.32 Å². The highest BCUT2D eigenvalue weighted by atomic mass is 19.4. The van der Waals surface area contributed by atoms with Crippen LogP contribution in [0.2, 0.25) is 0 Å². The van der Waals surface area contributed by atoms with Gasteiger partial charge in [-0.25, -0.2) is 18.9 Å². The van der Waals surface area contributed by atoms with Crippen LogP contribution >= 0.6 is 0 Å². The SMILES string of the molecule is Cc1nc(-c2ccccn2)cc2nn(CC(=O)Nc3cccc(C(F)(F)F)c3)c(=O)n12. The van der Waals surface area contributed by atoms with Gasteiger partial charge in [0.05, 0.1) is 17.0 Å². The number of carbonyl (C=O) groups excluding carboxylic acids is 1. The van der Waals surface area contributed by atoms with Crippen LogP contribution in [0.3, 0.4) is 0 Å². The van der Waals surface area contributed by atoms with Gasteiger partial charge in [-0.1, -0.05) is 12.1 Å². The van der Waals surface area contributed by atoms with Crippen molar-refractivity contribution < 1.29 is 18.0 Å². The Kier molecular flexibility index (Phi) is 5.01. The molecule has 0 unspecified atom stereocenters. The molecule has 158 valence electrons. The third-order valence-electron chi connectivity index (χ3n) is 4.43. The Morgan fingerprint density at radius 1 is 1.10 bits per heavy atom. The number of nitrogens with one attached hydrogen (secondary N) is 1. The summed E-state index contributed by atoms with van der Waals surface area (Å²) < 4.78 is 40.7. The van der Waals surface area contributed by atoms with Crippen molar-refractivity contribution in [2.45, 2.75) is 19.6 Å². The minimum Gasteiger partial charge on any atom is -0.324 e. The van der Waals surface area contributed by atoms with Gasteiger partial charge in [-0.05, 0) is 37.3 Å². The maximum absolute atomic E-state index is 12.8. The monoisotopic (exact) mass is 428 g/mol. The first-order chi connectivity index (χ1) is 14.7. The third kappa shape index (κ3) is 4.15. The first-order valence-corrected chi connectivity index (χ1v) is 9.08. The molecule has 0 radical (unpaired) electrons. The topological polar surface area (TPSA) is 94.2 Å². The summed E-state index contributed by atoms with van der Waals surface area (Å²) in [6.45, 7) is 1.14. The highest BCUT2D eigenvalue weighted by Crippen LogP contribution is 2.30. The van der Waals surface area contributed by atoms with E-state index in [1.165, 1.54) is 16.5 Å². The summed E-state index contributed by atoms with van der Waals surface area (Å²) in [4.78, 5) is 33.6. The Bertz CT molecular complexity index is 1330. The summed E-state index contributed by atoms with van der Waals surface area (Å²) in [6, 6.07) is 11.1. The smallest absolute Gasteiger partial charge is 0.324 e. The number of pyridine rings is 1. The van der Waals surface area contributed by atoms with Crippen LogP contribution < -0.4 is 11.0 Å². The zero-order chi connectivity index (χ0) is 22.2. The molecule has 3 heterocycles. The van der Waals surface area contributed by atoms with Gasteiger partial charge in [0.2, 0.25) is 5.91 Å². The second-order valence-corrected chi connectivity index (χ2v) is 6.66. The van der Waals surface area contributed by atoms with Gasteiger partial charge in [0.1, 0.15) is 12.4 Å². The van der Waals surface area contributed by atoms with Crippen LogP contribution in [0.5, 0.6) is 0 Å². The number of nitrogens with zero attached hydrogens (tertiary/aromatic N) is 5. The fourth-order valence-electron chi connectivity index (χ4n) is 3.06. The van der Waals surface area contributed by atoms with Crippen molar-refractivity contribution in [1.82, 2.24) is 24.1 Å². The summed E-state index contributed by atoms with van der Waals surface area (Å²) in [7, 11) is 0. The first-order valence-electron chi connectivity index (χ1n) is 9.08. The molecular formula is C20H15F3N6O2. The third-order valence-corrected chi connectivity index (χ3v) is 4.43. The van der Waals surface area contributed by atoms with Crippen molar-refractivity contribution in [2.75, 3.05) is 5.32 Å². The van der Waals surface area contributed by atoms with E-state index in [-0.39, 0.29) is 11.3 Å². The fourth-order valence-corrected chi connectivity index (χ4v) is 3.06. The molecule has 0 bridgehead atoms. The largest absolute Gasteiger partial charge is 0.416 e. The predicted octanol–water partition coefficient (Wildman–Crippen LogP) is 2.92. The van der Waals surface area contributed by atoms with Crippen LogP contribution in [0, 0.1) is 6.92 Å². The average Bonchev–Trinajstić information content (AvgIpc) is 3.03. The van der Waals surface area contributed by atoms with Crippen molar-refractivity contribution >= 4 is 17.2 Å². The minimum absolute atomic E-state index is 0.0353. The fraction of sp³-hybridized carbons (Fsp3) is 0.150. The first kappa shape index (κ1) is 20.3. The van der Waals surface area contributed by atoms with Gasteiger partial charge in [-0.15, -0.1) is 5.10 Å². The molecule has 1 amide bonds. The Morgan fingerprint density at radius 3 is 2.61 bits per heavy atom. The van der Waals surface area contributed by atoms with E-state index in [9.17, 15) is 22.8 Å². The van der Waals surface area contributed by atoms with E-state index >= 15 is 0 Å². The molecule has 0 aliphatic heterocycles. The van der Waals surface area contributed by atoms with Crippen molar-refractivity contribution in [1.29, 1.82) is 0 Å². The lowest BCUT2D eigenvalue weighted by molar-refractivity contribution is -0.137. The van der Waals surface area contributed by atoms with Gasteiger partial charge in [-0.2, -0.15) is 13.2 Å². The lowest BCUT2D eigenvalue weighted by atomic mass is 10.2. The summed E-state index contributed by atoms with van der Waals surface area (Å²) >= 11 is 0. The standard InChI is InChI=1S/C20H15F3N6O2/c1-12-25-16(15-7-2-3-8-24-15)10-17-27-28(19(31)29(12)17)11-18(30)26-14-6-4-5-13(9-14)20(21,22)23/h2-10H,11H2,1H3,(H,26,30). The molecule has 1 aromatic carbocycles. The lowest BCUT2D eigenvalue weighted by Gasteiger charge is -2.09. The number of aryl methyl sites for hydroxylation is 1. The predicted molar refractivity (Wildman–Crippen MR) is 105 cm³/mol. The minimum atomic E-state index is -4.53. The van der Waals surface area contributed by atoms with Crippen molar-refractivity contribution in [2.24, 2.45) is 0 Å². The molecule has 0 atom stereocenters. The highest BCUT2D eigenvalue weighted by Gasteiger charge is 2.30. The molecule has 1 N–H and O–H groups in total. The highest BCUT2D eigenvalue weighted by molar-refractivity contribution is 5.90.